The average Bonchev–Trinajstić information content (AvgIpc) is 2.54. The summed E-state index contributed by atoms with van der Waals surface area (Å²) in [6.45, 7) is 1.78. The van der Waals surface area contributed by atoms with Crippen LogP contribution in [-0.4, -0.2) is 26.9 Å². The van der Waals surface area contributed by atoms with Gasteiger partial charge in [-0.1, -0.05) is 12.1 Å². The van der Waals surface area contributed by atoms with Crippen LogP contribution in [0.5, 0.6) is 0 Å². The van der Waals surface area contributed by atoms with E-state index in [1.165, 1.54) is 28.8 Å². The van der Waals surface area contributed by atoms with Crippen molar-refractivity contribution in [2.75, 3.05) is 6.61 Å². The number of non-ortho nitro benzene ring substituents is 1. The van der Waals surface area contributed by atoms with E-state index in [1.54, 1.807) is 13.0 Å². The van der Waals surface area contributed by atoms with E-state index >= 15 is 0 Å². The smallest absolute Gasteiger partial charge is 0.345 e. The Kier molecular flexibility index (Phi) is 3.49. The predicted octanol–water partition coefficient (Wildman–Crippen LogP) is 1.93. The number of nitro groups is 1. The van der Waals surface area contributed by atoms with Crippen LogP contribution in [0.1, 0.15) is 17.3 Å². The minimum Gasteiger partial charge on any atom is -0.462 e. The lowest BCUT2D eigenvalue weighted by Crippen LogP contribution is -2.24. The van der Waals surface area contributed by atoms with Gasteiger partial charge in [0.25, 0.3) is 11.2 Å². The Morgan fingerprint density at radius 1 is 1.35 bits per heavy atom. The Hall–Kier alpha value is -3.29. The second-order valence-corrected chi connectivity index (χ2v) is 4.70. The van der Waals surface area contributed by atoms with Gasteiger partial charge in [0.05, 0.1) is 16.9 Å². The van der Waals surface area contributed by atoms with E-state index in [1.807, 2.05) is 0 Å². The molecule has 0 N–H and O–H groups in total. The van der Waals surface area contributed by atoms with Crippen LogP contribution in [0.2, 0.25) is 0 Å². The van der Waals surface area contributed by atoms with Crippen LogP contribution in [-0.2, 0) is 4.74 Å². The number of pyridine rings is 1. The maximum atomic E-state index is 12.4. The molecule has 2 heterocycles. The van der Waals surface area contributed by atoms with Crippen LogP contribution in [0.25, 0.3) is 16.4 Å². The molecule has 0 amide bonds. The maximum Gasteiger partial charge on any atom is 0.345 e. The van der Waals surface area contributed by atoms with Crippen LogP contribution >= 0.6 is 0 Å². The molecule has 116 valence electrons. The summed E-state index contributed by atoms with van der Waals surface area (Å²) in [4.78, 5) is 38.9. The molecule has 3 aromatic rings. The van der Waals surface area contributed by atoms with Crippen LogP contribution in [0.4, 0.5) is 5.69 Å². The summed E-state index contributed by atoms with van der Waals surface area (Å²) in [5, 5.41) is 11.9. The van der Waals surface area contributed by atoms with E-state index in [0.29, 0.717) is 10.8 Å². The number of carbonyl (C=O) groups excluding carboxylic acids is 1. The number of aromatic nitrogens is 2. The first-order valence-electron chi connectivity index (χ1n) is 6.79. The van der Waals surface area contributed by atoms with Crippen LogP contribution < -0.4 is 5.56 Å². The molecule has 0 saturated heterocycles. The van der Waals surface area contributed by atoms with Crippen molar-refractivity contribution in [1.29, 1.82) is 0 Å². The number of benzene rings is 1. The zero-order chi connectivity index (χ0) is 16.6. The SMILES string of the molecule is CCOC(=O)c1cnc2c3cccc([N+](=O)[O-])c3ccn2c1=O. The number of carbonyl (C=O) groups is 1. The fourth-order valence-corrected chi connectivity index (χ4v) is 2.39. The van der Waals surface area contributed by atoms with Crippen molar-refractivity contribution in [2.24, 2.45) is 0 Å². The highest BCUT2D eigenvalue weighted by molar-refractivity contribution is 5.99. The summed E-state index contributed by atoms with van der Waals surface area (Å²) in [5.41, 5.74) is -0.603. The van der Waals surface area contributed by atoms with Crippen molar-refractivity contribution in [3.8, 4) is 0 Å². The third-order valence-corrected chi connectivity index (χ3v) is 3.40. The fourth-order valence-electron chi connectivity index (χ4n) is 2.39. The lowest BCUT2D eigenvalue weighted by molar-refractivity contribution is -0.383. The third kappa shape index (κ3) is 2.30. The molecule has 0 aliphatic carbocycles. The third-order valence-electron chi connectivity index (χ3n) is 3.40. The van der Waals surface area contributed by atoms with Gasteiger partial charge in [0.1, 0.15) is 11.2 Å². The topological polar surface area (TPSA) is 104 Å². The summed E-state index contributed by atoms with van der Waals surface area (Å²) in [5.74, 6) is -0.751. The Labute approximate surface area is 129 Å². The van der Waals surface area contributed by atoms with Gasteiger partial charge in [-0.2, -0.15) is 0 Å². The normalized spacial score (nSPS) is 10.8. The van der Waals surface area contributed by atoms with Gasteiger partial charge in [-0.15, -0.1) is 0 Å². The molecule has 0 aliphatic heterocycles. The number of hydrogen-bond acceptors (Lipinski definition) is 6. The lowest BCUT2D eigenvalue weighted by Gasteiger charge is -2.07. The van der Waals surface area contributed by atoms with Crippen molar-refractivity contribution in [1.82, 2.24) is 9.38 Å². The zero-order valence-electron chi connectivity index (χ0n) is 12.1. The molecule has 0 spiro atoms. The monoisotopic (exact) mass is 313 g/mol. The van der Waals surface area contributed by atoms with Crippen LogP contribution in [0, 0.1) is 10.1 Å². The van der Waals surface area contributed by atoms with Gasteiger partial charge in [-0.05, 0) is 13.0 Å². The predicted molar refractivity (Wildman–Crippen MR) is 81.6 cm³/mol. The van der Waals surface area contributed by atoms with Gasteiger partial charge in [-0.25, -0.2) is 9.78 Å². The Balaban J connectivity index is 2.34. The summed E-state index contributed by atoms with van der Waals surface area (Å²) >= 11 is 0. The zero-order valence-corrected chi connectivity index (χ0v) is 12.1. The summed E-state index contributed by atoms with van der Waals surface area (Å²) in [6, 6.07) is 5.99. The maximum absolute atomic E-state index is 12.4. The number of nitro benzene ring substituents is 1. The highest BCUT2D eigenvalue weighted by atomic mass is 16.6. The van der Waals surface area contributed by atoms with Gasteiger partial charge >= 0.3 is 5.97 Å². The highest BCUT2D eigenvalue weighted by Crippen LogP contribution is 2.26. The second kappa shape index (κ2) is 5.48. The molecule has 0 saturated carbocycles. The van der Waals surface area contributed by atoms with E-state index in [0.717, 1.165) is 6.20 Å². The van der Waals surface area contributed by atoms with Crippen molar-refractivity contribution in [3.63, 3.8) is 0 Å². The van der Waals surface area contributed by atoms with E-state index in [-0.39, 0.29) is 23.5 Å². The van der Waals surface area contributed by atoms with Crippen molar-refractivity contribution in [3.05, 3.63) is 62.7 Å². The molecule has 0 radical (unpaired) electrons. The Bertz CT molecular complexity index is 1010. The van der Waals surface area contributed by atoms with Gasteiger partial charge < -0.3 is 4.74 Å². The fraction of sp³-hybridized carbons (Fsp3) is 0.133. The molecule has 0 atom stereocenters. The molecular formula is C15H11N3O5. The molecule has 8 heteroatoms. The minimum absolute atomic E-state index is 0.0753. The molecule has 0 aliphatic rings. The molecular weight excluding hydrogens is 302 g/mol. The largest absolute Gasteiger partial charge is 0.462 e. The first kappa shape index (κ1) is 14.6. The van der Waals surface area contributed by atoms with Crippen molar-refractivity contribution >= 4 is 28.1 Å². The highest BCUT2D eigenvalue weighted by Gasteiger charge is 2.18. The molecule has 0 bridgehead atoms. The van der Waals surface area contributed by atoms with Crippen molar-refractivity contribution in [2.45, 2.75) is 6.92 Å². The molecule has 8 nitrogen and oxygen atoms in total. The number of ether oxygens (including phenoxy) is 1. The number of hydrogen-bond donors (Lipinski definition) is 0. The summed E-state index contributed by atoms with van der Waals surface area (Å²) in [7, 11) is 0. The van der Waals surface area contributed by atoms with E-state index < -0.39 is 16.5 Å². The summed E-state index contributed by atoms with van der Waals surface area (Å²) in [6.07, 6.45) is 2.50. The quantitative estimate of drug-likeness (QED) is 0.317. The van der Waals surface area contributed by atoms with E-state index in [9.17, 15) is 19.7 Å². The standard InChI is InChI=1S/C15H11N3O5/c1-2-23-15(20)11-8-16-13-10-4-3-5-12(18(21)22)9(10)6-7-17(13)14(11)19/h3-8H,2H2,1H3. The molecule has 0 fully saturated rings. The van der Waals surface area contributed by atoms with Crippen LogP contribution in [0.15, 0.2) is 41.5 Å². The van der Waals surface area contributed by atoms with Crippen molar-refractivity contribution < 1.29 is 14.5 Å². The molecule has 3 rings (SSSR count). The summed E-state index contributed by atoms with van der Waals surface area (Å²) < 4.78 is 5.99. The molecule has 23 heavy (non-hydrogen) atoms. The second-order valence-electron chi connectivity index (χ2n) is 4.70. The van der Waals surface area contributed by atoms with Crippen LogP contribution in [0.3, 0.4) is 0 Å². The Morgan fingerprint density at radius 2 is 2.13 bits per heavy atom. The first-order chi connectivity index (χ1) is 11.0. The molecule has 2 aromatic heterocycles. The number of rotatable bonds is 3. The molecule has 1 aromatic carbocycles. The van der Waals surface area contributed by atoms with Gasteiger partial charge in [-0.3, -0.25) is 19.3 Å². The Morgan fingerprint density at radius 3 is 2.83 bits per heavy atom. The lowest BCUT2D eigenvalue weighted by atomic mass is 10.1. The van der Waals surface area contributed by atoms with E-state index in [2.05, 4.69) is 4.98 Å². The van der Waals surface area contributed by atoms with Gasteiger partial charge in [0, 0.05) is 23.8 Å². The van der Waals surface area contributed by atoms with Gasteiger partial charge in [0.15, 0.2) is 0 Å². The molecule has 0 unspecified atom stereocenters. The number of nitrogens with zero attached hydrogens (tertiary/aromatic N) is 3. The minimum atomic E-state index is -0.751. The number of fused-ring (bicyclic) bond motifs is 3. The average molecular weight is 313 g/mol. The van der Waals surface area contributed by atoms with E-state index in [4.69, 9.17) is 4.74 Å². The van der Waals surface area contributed by atoms with Gasteiger partial charge in [0.2, 0.25) is 0 Å². The first-order valence-corrected chi connectivity index (χ1v) is 6.79. The number of esters is 1.